The summed E-state index contributed by atoms with van der Waals surface area (Å²) < 4.78 is 19.1. The molecule has 1 N–H and O–H groups in total. The van der Waals surface area contributed by atoms with Gasteiger partial charge in [0.15, 0.2) is 0 Å². The number of benzene rings is 1. The van der Waals surface area contributed by atoms with Crippen molar-refractivity contribution in [1.82, 2.24) is 5.32 Å². The van der Waals surface area contributed by atoms with Gasteiger partial charge in [0.2, 0.25) is 0 Å². The fourth-order valence-corrected chi connectivity index (χ4v) is 2.58. The molecule has 1 fully saturated rings. The summed E-state index contributed by atoms with van der Waals surface area (Å²) in [4.78, 5) is 0. The van der Waals surface area contributed by atoms with Crippen LogP contribution in [-0.2, 0) is 0 Å². The summed E-state index contributed by atoms with van der Waals surface area (Å²) in [5.74, 6) is 0.586. The normalized spacial score (nSPS) is 25.6. The van der Waals surface area contributed by atoms with E-state index < -0.39 is 0 Å². The molecule has 18 heavy (non-hydrogen) atoms. The minimum Gasteiger partial charge on any atom is -0.489 e. The number of nitrogens with one attached hydrogen (secondary N) is 1. The van der Waals surface area contributed by atoms with Crippen LogP contribution in [0.4, 0.5) is 4.39 Å². The van der Waals surface area contributed by atoms with Gasteiger partial charge in [0.25, 0.3) is 0 Å². The second-order valence-corrected chi connectivity index (χ2v) is 5.68. The highest BCUT2D eigenvalue weighted by Gasteiger charge is 2.49. The smallest absolute Gasteiger partial charge is 0.123 e. The molecule has 2 unspecified atom stereocenters. The van der Waals surface area contributed by atoms with Crippen molar-refractivity contribution >= 4 is 0 Å². The van der Waals surface area contributed by atoms with Crippen LogP contribution in [0.2, 0.25) is 0 Å². The lowest BCUT2D eigenvalue weighted by molar-refractivity contribution is -0.0544. The van der Waals surface area contributed by atoms with Crippen molar-refractivity contribution in [1.29, 1.82) is 0 Å². The van der Waals surface area contributed by atoms with Gasteiger partial charge >= 0.3 is 0 Å². The molecule has 1 aliphatic carbocycles. The van der Waals surface area contributed by atoms with Crippen molar-refractivity contribution in [3.8, 4) is 5.75 Å². The second kappa shape index (κ2) is 4.88. The molecule has 100 valence electrons. The van der Waals surface area contributed by atoms with E-state index in [1.54, 1.807) is 6.07 Å². The Morgan fingerprint density at radius 3 is 2.72 bits per heavy atom. The Morgan fingerprint density at radius 1 is 1.44 bits per heavy atom. The zero-order chi connectivity index (χ0) is 13.3. The molecule has 0 bridgehead atoms. The lowest BCUT2D eigenvalue weighted by atomic mass is 9.64. The zero-order valence-electron chi connectivity index (χ0n) is 11.6. The average molecular weight is 251 g/mol. The molecule has 0 amide bonds. The molecule has 0 radical (unpaired) electrons. The topological polar surface area (TPSA) is 21.3 Å². The van der Waals surface area contributed by atoms with E-state index in [2.05, 4.69) is 26.1 Å². The monoisotopic (exact) mass is 251 g/mol. The van der Waals surface area contributed by atoms with Gasteiger partial charge in [-0.1, -0.05) is 20.8 Å². The van der Waals surface area contributed by atoms with Crippen LogP contribution < -0.4 is 10.1 Å². The summed E-state index contributed by atoms with van der Waals surface area (Å²) in [6, 6.07) is 5.20. The van der Waals surface area contributed by atoms with E-state index in [4.69, 9.17) is 4.74 Å². The van der Waals surface area contributed by atoms with E-state index in [1.165, 1.54) is 12.1 Å². The van der Waals surface area contributed by atoms with Gasteiger partial charge in [-0.25, -0.2) is 4.39 Å². The minimum atomic E-state index is -0.210. The number of halogens is 1. The van der Waals surface area contributed by atoms with Crippen molar-refractivity contribution < 1.29 is 9.13 Å². The van der Waals surface area contributed by atoms with Crippen molar-refractivity contribution in [2.45, 2.75) is 46.3 Å². The SMILES string of the molecule is CCNC1CC(Oc2ccc(F)cc2C)C1(C)C. The molecule has 2 nitrogen and oxygen atoms in total. The summed E-state index contributed by atoms with van der Waals surface area (Å²) in [5, 5.41) is 3.47. The van der Waals surface area contributed by atoms with Crippen LogP contribution in [-0.4, -0.2) is 18.7 Å². The maximum Gasteiger partial charge on any atom is 0.123 e. The molecule has 0 saturated heterocycles. The Labute approximate surface area is 109 Å². The quantitative estimate of drug-likeness (QED) is 0.886. The Bertz CT molecular complexity index is 431. The van der Waals surface area contributed by atoms with Crippen molar-refractivity contribution in [3.05, 3.63) is 29.6 Å². The number of hydrogen-bond acceptors (Lipinski definition) is 2. The van der Waals surface area contributed by atoms with Gasteiger partial charge in [0.05, 0.1) is 0 Å². The lowest BCUT2D eigenvalue weighted by Crippen LogP contribution is -2.62. The van der Waals surface area contributed by atoms with E-state index in [0.29, 0.717) is 6.04 Å². The van der Waals surface area contributed by atoms with Crippen LogP contribution in [0.15, 0.2) is 18.2 Å². The van der Waals surface area contributed by atoms with Crippen LogP contribution in [0.5, 0.6) is 5.75 Å². The first-order chi connectivity index (χ1) is 8.45. The maximum atomic E-state index is 13.0. The lowest BCUT2D eigenvalue weighted by Gasteiger charge is -2.51. The Kier molecular flexibility index (Phi) is 3.62. The minimum absolute atomic E-state index is 0.122. The molecule has 1 aromatic carbocycles. The maximum absolute atomic E-state index is 13.0. The third-order valence-electron chi connectivity index (χ3n) is 4.03. The van der Waals surface area contributed by atoms with Gasteiger partial charge < -0.3 is 10.1 Å². The number of ether oxygens (including phenoxy) is 1. The van der Waals surface area contributed by atoms with E-state index in [9.17, 15) is 4.39 Å². The number of rotatable bonds is 4. The van der Waals surface area contributed by atoms with Gasteiger partial charge in [-0.15, -0.1) is 0 Å². The first-order valence-electron chi connectivity index (χ1n) is 6.61. The fourth-order valence-electron chi connectivity index (χ4n) is 2.58. The van der Waals surface area contributed by atoms with Crippen LogP contribution in [0.3, 0.4) is 0 Å². The molecule has 0 spiro atoms. The molecule has 0 heterocycles. The molecular formula is C15H22FNO. The van der Waals surface area contributed by atoms with Crippen molar-refractivity contribution in [3.63, 3.8) is 0 Å². The molecule has 1 aromatic rings. The summed E-state index contributed by atoms with van der Waals surface area (Å²) in [6.45, 7) is 9.41. The van der Waals surface area contributed by atoms with Crippen LogP contribution in [0, 0.1) is 18.2 Å². The second-order valence-electron chi connectivity index (χ2n) is 5.68. The molecule has 1 aliphatic rings. The number of hydrogen-bond donors (Lipinski definition) is 1. The number of aryl methyl sites for hydroxylation is 1. The molecule has 2 atom stereocenters. The predicted octanol–water partition coefficient (Wildman–Crippen LogP) is 3.29. The highest BCUT2D eigenvalue weighted by atomic mass is 19.1. The zero-order valence-corrected chi connectivity index (χ0v) is 11.6. The summed E-state index contributed by atoms with van der Waals surface area (Å²) in [5.41, 5.74) is 0.981. The molecule has 3 heteroatoms. The average Bonchev–Trinajstić information content (AvgIpc) is 2.30. The predicted molar refractivity (Wildman–Crippen MR) is 71.4 cm³/mol. The van der Waals surface area contributed by atoms with E-state index in [-0.39, 0.29) is 17.3 Å². The highest BCUT2D eigenvalue weighted by molar-refractivity contribution is 5.33. The molecule has 2 rings (SSSR count). The van der Waals surface area contributed by atoms with E-state index in [0.717, 1.165) is 24.3 Å². The summed E-state index contributed by atoms with van der Waals surface area (Å²) >= 11 is 0. The standard InChI is InChI=1S/C15H22FNO/c1-5-17-13-9-14(15(13,3)4)18-12-7-6-11(16)8-10(12)2/h6-8,13-14,17H,5,9H2,1-4H3. The first kappa shape index (κ1) is 13.3. The van der Waals surface area contributed by atoms with Gasteiger partial charge in [-0.2, -0.15) is 0 Å². The molecule has 1 saturated carbocycles. The fraction of sp³-hybridized carbons (Fsp3) is 0.600. The largest absolute Gasteiger partial charge is 0.489 e. The van der Waals surface area contributed by atoms with Gasteiger partial charge in [0, 0.05) is 17.9 Å². The van der Waals surface area contributed by atoms with Gasteiger partial charge in [-0.05, 0) is 37.2 Å². The molecular weight excluding hydrogens is 229 g/mol. The Morgan fingerprint density at radius 2 is 2.17 bits per heavy atom. The third kappa shape index (κ3) is 2.37. The molecule has 0 aliphatic heterocycles. The van der Waals surface area contributed by atoms with Crippen molar-refractivity contribution in [2.24, 2.45) is 5.41 Å². The van der Waals surface area contributed by atoms with Crippen LogP contribution in [0.1, 0.15) is 32.8 Å². The van der Waals surface area contributed by atoms with Crippen LogP contribution >= 0.6 is 0 Å². The Balaban J connectivity index is 2.03. The van der Waals surface area contributed by atoms with Crippen molar-refractivity contribution in [2.75, 3.05) is 6.54 Å². The van der Waals surface area contributed by atoms with Gasteiger partial charge in [0.1, 0.15) is 17.7 Å². The van der Waals surface area contributed by atoms with Gasteiger partial charge in [-0.3, -0.25) is 0 Å². The van der Waals surface area contributed by atoms with Crippen LogP contribution in [0.25, 0.3) is 0 Å². The van der Waals surface area contributed by atoms with E-state index >= 15 is 0 Å². The Hall–Kier alpha value is -1.09. The van der Waals surface area contributed by atoms with E-state index in [1.807, 2.05) is 6.92 Å². The summed E-state index contributed by atoms with van der Waals surface area (Å²) in [6.07, 6.45) is 1.21. The summed E-state index contributed by atoms with van der Waals surface area (Å²) in [7, 11) is 0. The highest BCUT2D eigenvalue weighted by Crippen LogP contribution is 2.43. The third-order valence-corrected chi connectivity index (χ3v) is 4.03. The first-order valence-corrected chi connectivity index (χ1v) is 6.61. The molecule has 0 aromatic heterocycles.